The normalized spacial score (nSPS) is 10.4. The van der Waals surface area contributed by atoms with Gasteiger partial charge in [-0.3, -0.25) is 0 Å². The highest BCUT2D eigenvalue weighted by Crippen LogP contribution is 2.25. The van der Waals surface area contributed by atoms with Gasteiger partial charge in [-0.2, -0.15) is 0 Å². The number of rotatable bonds is 5. The molecule has 0 aliphatic rings. The molecule has 0 spiro atoms. The van der Waals surface area contributed by atoms with Crippen molar-refractivity contribution in [3.05, 3.63) is 53.8 Å². The van der Waals surface area contributed by atoms with Crippen LogP contribution in [0.4, 0.5) is 4.39 Å². The molecule has 0 bridgehead atoms. The fourth-order valence-electron chi connectivity index (χ4n) is 1.79. The molecule has 0 aromatic heterocycles. The Kier molecular flexibility index (Phi) is 5.06. The molecule has 0 fully saturated rings. The molecule has 0 saturated carbocycles. The fraction of sp³-hybridized carbons (Fsp3) is 0.143. The third-order valence-corrected chi connectivity index (χ3v) is 3.86. The van der Waals surface area contributed by atoms with Gasteiger partial charge in [0.1, 0.15) is 11.6 Å². The standard InChI is InChI=1S/C14H14BFO3S/c1-19-12-3-2-4-13(8-12)20-9-10-5-6-11(16)7-14(10)15(17)18/h2-8,17-18H,9H2,1H3. The second-order valence-electron chi connectivity index (χ2n) is 4.18. The predicted octanol–water partition coefficient (Wildman–Crippen LogP) is 1.81. The average molecular weight is 292 g/mol. The van der Waals surface area contributed by atoms with Crippen molar-refractivity contribution in [3.8, 4) is 5.75 Å². The van der Waals surface area contributed by atoms with Gasteiger partial charge >= 0.3 is 7.12 Å². The molecule has 2 rings (SSSR count). The molecule has 20 heavy (non-hydrogen) atoms. The van der Waals surface area contributed by atoms with E-state index in [1.165, 1.54) is 17.8 Å². The van der Waals surface area contributed by atoms with Gasteiger partial charge in [0.25, 0.3) is 0 Å². The van der Waals surface area contributed by atoms with E-state index in [1.54, 1.807) is 13.2 Å². The van der Waals surface area contributed by atoms with Crippen molar-refractivity contribution in [3.63, 3.8) is 0 Å². The van der Waals surface area contributed by atoms with Gasteiger partial charge in [-0.05, 0) is 41.4 Å². The summed E-state index contributed by atoms with van der Waals surface area (Å²) < 4.78 is 18.3. The van der Waals surface area contributed by atoms with Crippen LogP contribution in [0.3, 0.4) is 0 Å². The van der Waals surface area contributed by atoms with E-state index in [2.05, 4.69) is 0 Å². The molecule has 0 saturated heterocycles. The van der Waals surface area contributed by atoms with Crippen LogP contribution in [0, 0.1) is 5.82 Å². The van der Waals surface area contributed by atoms with E-state index in [1.807, 2.05) is 24.3 Å². The summed E-state index contributed by atoms with van der Waals surface area (Å²) in [6, 6.07) is 11.6. The molecule has 0 aliphatic carbocycles. The van der Waals surface area contributed by atoms with Crippen LogP contribution in [0.5, 0.6) is 5.75 Å². The van der Waals surface area contributed by atoms with Crippen LogP contribution in [-0.2, 0) is 5.75 Å². The molecule has 0 unspecified atom stereocenters. The Labute approximate surface area is 121 Å². The Morgan fingerprint density at radius 3 is 2.70 bits per heavy atom. The predicted molar refractivity (Wildman–Crippen MR) is 78.8 cm³/mol. The lowest BCUT2D eigenvalue weighted by Gasteiger charge is -2.09. The lowest BCUT2D eigenvalue weighted by atomic mass is 9.77. The summed E-state index contributed by atoms with van der Waals surface area (Å²) in [5.41, 5.74) is 0.884. The minimum Gasteiger partial charge on any atom is -0.497 e. The van der Waals surface area contributed by atoms with E-state index in [0.717, 1.165) is 16.7 Å². The van der Waals surface area contributed by atoms with Crippen molar-refractivity contribution in [2.75, 3.05) is 7.11 Å². The Morgan fingerprint density at radius 2 is 2.00 bits per heavy atom. The summed E-state index contributed by atoms with van der Waals surface area (Å²) in [5.74, 6) is 0.792. The summed E-state index contributed by atoms with van der Waals surface area (Å²) in [5, 5.41) is 18.5. The minimum absolute atomic E-state index is 0.195. The van der Waals surface area contributed by atoms with E-state index < -0.39 is 12.9 Å². The Bertz CT molecular complexity index is 592. The topological polar surface area (TPSA) is 49.7 Å². The van der Waals surface area contributed by atoms with Gasteiger partial charge in [0.05, 0.1) is 7.11 Å². The largest absolute Gasteiger partial charge is 0.497 e. The maximum atomic E-state index is 13.1. The third kappa shape index (κ3) is 3.76. The highest BCUT2D eigenvalue weighted by molar-refractivity contribution is 7.98. The van der Waals surface area contributed by atoms with Gasteiger partial charge in [0.2, 0.25) is 0 Å². The minimum atomic E-state index is -1.67. The van der Waals surface area contributed by atoms with Crippen LogP contribution in [-0.4, -0.2) is 24.3 Å². The molecule has 104 valence electrons. The van der Waals surface area contributed by atoms with Crippen LogP contribution >= 0.6 is 11.8 Å². The van der Waals surface area contributed by atoms with Gasteiger partial charge in [0, 0.05) is 10.6 Å². The summed E-state index contributed by atoms with van der Waals surface area (Å²) in [6.07, 6.45) is 0. The third-order valence-electron chi connectivity index (χ3n) is 2.82. The quantitative estimate of drug-likeness (QED) is 0.652. The van der Waals surface area contributed by atoms with Crippen LogP contribution in [0.25, 0.3) is 0 Å². The first-order chi connectivity index (χ1) is 9.60. The second-order valence-corrected chi connectivity index (χ2v) is 5.23. The molecule has 2 aromatic rings. The smallest absolute Gasteiger partial charge is 0.488 e. The Hall–Kier alpha value is -1.50. The highest BCUT2D eigenvalue weighted by atomic mass is 32.2. The molecular formula is C14H14BFO3S. The van der Waals surface area contributed by atoms with Gasteiger partial charge in [-0.1, -0.05) is 12.1 Å². The first kappa shape index (κ1) is 14.9. The van der Waals surface area contributed by atoms with E-state index >= 15 is 0 Å². The van der Waals surface area contributed by atoms with Crippen molar-refractivity contribution in [2.24, 2.45) is 0 Å². The van der Waals surface area contributed by atoms with E-state index in [-0.39, 0.29) is 5.46 Å². The fourth-order valence-corrected chi connectivity index (χ4v) is 2.75. The Balaban J connectivity index is 2.14. The first-order valence-corrected chi connectivity index (χ1v) is 7.00. The zero-order valence-corrected chi connectivity index (χ0v) is 11.7. The summed E-state index contributed by atoms with van der Waals surface area (Å²) >= 11 is 1.52. The monoisotopic (exact) mass is 292 g/mol. The summed E-state index contributed by atoms with van der Waals surface area (Å²) in [6.45, 7) is 0. The average Bonchev–Trinajstić information content (AvgIpc) is 2.46. The van der Waals surface area contributed by atoms with Gasteiger partial charge in [-0.25, -0.2) is 4.39 Å². The van der Waals surface area contributed by atoms with Crippen molar-refractivity contribution in [2.45, 2.75) is 10.6 Å². The van der Waals surface area contributed by atoms with Gasteiger partial charge < -0.3 is 14.8 Å². The molecular weight excluding hydrogens is 278 g/mol. The van der Waals surface area contributed by atoms with Gasteiger partial charge in [-0.15, -0.1) is 11.8 Å². The zero-order valence-electron chi connectivity index (χ0n) is 10.9. The van der Waals surface area contributed by atoms with Crippen molar-refractivity contribution in [1.29, 1.82) is 0 Å². The number of hydrogen-bond donors (Lipinski definition) is 2. The number of thioether (sulfide) groups is 1. The molecule has 3 nitrogen and oxygen atoms in total. The Morgan fingerprint density at radius 1 is 1.20 bits per heavy atom. The molecule has 0 radical (unpaired) electrons. The molecule has 0 atom stereocenters. The number of methoxy groups -OCH3 is 1. The molecule has 6 heteroatoms. The van der Waals surface area contributed by atoms with Crippen LogP contribution in [0.15, 0.2) is 47.4 Å². The van der Waals surface area contributed by atoms with E-state index in [0.29, 0.717) is 11.3 Å². The van der Waals surface area contributed by atoms with Crippen molar-refractivity contribution in [1.82, 2.24) is 0 Å². The lowest BCUT2D eigenvalue weighted by Crippen LogP contribution is -2.33. The first-order valence-electron chi connectivity index (χ1n) is 6.01. The van der Waals surface area contributed by atoms with Crippen LogP contribution < -0.4 is 10.2 Å². The van der Waals surface area contributed by atoms with Crippen molar-refractivity contribution >= 4 is 24.3 Å². The van der Waals surface area contributed by atoms with Crippen LogP contribution in [0.1, 0.15) is 5.56 Å². The summed E-state index contributed by atoms with van der Waals surface area (Å²) in [7, 11) is -0.0733. The highest BCUT2D eigenvalue weighted by Gasteiger charge is 2.16. The second kappa shape index (κ2) is 6.79. The number of ether oxygens (including phenoxy) is 1. The number of halogens is 1. The summed E-state index contributed by atoms with van der Waals surface area (Å²) in [4.78, 5) is 0.993. The molecule has 0 aliphatic heterocycles. The van der Waals surface area contributed by atoms with E-state index in [4.69, 9.17) is 4.74 Å². The SMILES string of the molecule is COc1cccc(SCc2ccc(F)cc2B(O)O)c1. The molecule has 2 N–H and O–H groups in total. The zero-order chi connectivity index (χ0) is 14.5. The molecule has 0 heterocycles. The molecule has 0 amide bonds. The van der Waals surface area contributed by atoms with Gasteiger partial charge in [0.15, 0.2) is 0 Å². The molecule has 2 aromatic carbocycles. The van der Waals surface area contributed by atoms with Crippen LogP contribution in [0.2, 0.25) is 0 Å². The number of hydrogen-bond acceptors (Lipinski definition) is 4. The van der Waals surface area contributed by atoms with Crippen molar-refractivity contribution < 1.29 is 19.2 Å². The number of benzene rings is 2. The lowest BCUT2D eigenvalue weighted by molar-refractivity contribution is 0.413. The maximum absolute atomic E-state index is 13.1. The van der Waals surface area contributed by atoms with E-state index in [9.17, 15) is 14.4 Å². The maximum Gasteiger partial charge on any atom is 0.488 e.